The number of hydrogen-bond acceptors (Lipinski definition) is 4. The summed E-state index contributed by atoms with van der Waals surface area (Å²) < 4.78 is 26.9. The van der Waals surface area contributed by atoms with E-state index in [0.717, 1.165) is 11.1 Å². The summed E-state index contributed by atoms with van der Waals surface area (Å²) in [6.07, 6.45) is 1.00. The summed E-state index contributed by atoms with van der Waals surface area (Å²) in [6, 6.07) is 3.22. The Kier molecular flexibility index (Phi) is 4.60. The fraction of sp³-hybridized carbons (Fsp3) is 0.600. The van der Waals surface area contributed by atoms with Gasteiger partial charge < -0.3 is 10.8 Å². The topological polar surface area (TPSA) is 83.6 Å². The molecule has 0 spiro atoms. The first-order chi connectivity index (χ1) is 9.73. The number of piperidine rings is 1. The van der Waals surface area contributed by atoms with Gasteiger partial charge in [-0.3, -0.25) is 0 Å². The fourth-order valence-electron chi connectivity index (χ4n) is 2.75. The Morgan fingerprint density at radius 1 is 1.29 bits per heavy atom. The highest BCUT2D eigenvalue weighted by Gasteiger charge is 2.31. The number of rotatable bonds is 3. The molecule has 2 rings (SSSR count). The molecule has 5 nitrogen and oxygen atoms in total. The van der Waals surface area contributed by atoms with Crippen LogP contribution in [0.4, 0.5) is 5.69 Å². The first-order valence-corrected chi connectivity index (χ1v) is 8.72. The van der Waals surface area contributed by atoms with Crippen molar-refractivity contribution in [3.8, 4) is 0 Å². The van der Waals surface area contributed by atoms with E-state index in [1.807, 2.05) is 13.8 Å². The fourth-order valence-corrected chi connectivity index (χ4v) is 4.34. The van der Waals surface area contributed by atoms with E-state index in [-0.39, 0.29) is 16.9 Å². The van der Waals surface area contributed by atoms with Gasteiger partial charge in [-0.15, -0.1) is 0 Å². The van der Waals surface area contributed by atoms with Crippen LogP contribution in [-0.2, 0) is 10.0 Å². The Morgan fingerprint density at radius 3 is 2.33 bits per heavy atom. The Balaban J connectivity index is 2.24. The first-order valence-electron chi connectivity index (χ1n) is 7.28. The van der Waals surface area contributed by atoms with Crippen molar-refractivity contribution in [2.75, 3.05) is 18.8 Å². The van der Waals surface area contributed by atoms with E-state index < -0.39 is 10.0 Å². The summed E-state index contributed by atoms with van der Waals surface area (Å²) >= 11 is 0. The van der Waals surface area contributed by atoms with Crippen LogP contribution in [0.25, 0.3) is 0 Å². The molecule has 0 aliphatic carbocycles. The Morgan fingerprint density at radius 2 is 1.86 bits per heavy atom. The van der Waals surface area contributed by atoms with Crippen molar-refractivity contribution in [2.24, 2.45) is 5.92 Å². The minimum atomic E-state index is -3.50. The molecule has 1 aromatic carbocycles. The van der Waals surface area contributed by atoms with Crippen molar-refractivity contribution in [3.05, 3.63) is 23.3 Å². The summed E-state index contributed by atoms with van der Waals surface area (Å²) in [5.74, 6) is 0.182. The zero-order chi connectivity index (χ0) is 15.8. The van der Waals surface area contributed by atoms with Gasteiger partial charge in [0.15, 0.2) is 0 Å². The minimum Gasteiger partial charge on any atom is -0.398 e. The van der Waals surface area contributed by atoms with E-state index in [1.165, 1.54) is 4.31 Å². The Hall–Kier alpha value is -1.11. The van der Waals surface area contributed by atoms with Gasteiger partial charge in [-0.1, -0.05) is 0 Å². The van der Waals surface area contributed by atoms with Gasteiger partial charge >= 0.3 is 0 Å². The van der Waals surface area contributed by atoms with Crippen LogP contribution in [0.5, 0.6) is 0 Å². The van der Waals surface area contributed by atoms with Crippen molar-refractivity contribution >= 4 is 15.7 Å². The smallest absolute Gasteiger partial charge is 0.243 e. The summed E-state index contributed by atoms with van der Waals surface area (Å²) in [5, 5.41) is 9.60. The molecule has 1 atom stereocenters. The van der Waals surface area contributed by atoms with Crippen LogP contribution < -0.4 is 5.73 Å². The normalized spacial score (nSPS) is 19.6. The molecule has 1 heterocycles. The van der Waals surface area contributed by atoms with Crippen molar-refractivity contribution in [2.45, 2.75) is 44.6 Å². The van der Waals surface area contributed by atoms with Crippen molar-refractivity contribution in [1.82, 2.24) is 4.31 Å². The summed E-state index contributed by atoms with van der Waals surface area (Å²) in [7, 11) is -3.50. The number of nitrogen functional groups attached to an aromatic ring is 1. The third-order valence-corrected chi connectivity index (χ3v) is 6.38. The minimum absolute atomic E-state index is 0.182. The van der Waals surface area contributed by atoms with Crippen LogP contribution in [0.1, 0.15) is 30.9 Å². The molecule has 1 aliphatic heterocycles. The highest BCUT2D eigenvalue weighted by molar-refractivity contribution is 7.89. The van der Waals surface area contributed by atoms with E-state index in [4.69, 9.17) is 5.73 Å². The van der Waals surface area contributed by atoms with E-state index in [0.29, 0.717) is 31.6 Å². The number of aryl methyl sites for hydroxylation is 1. The maximum atomic E-state index is 12.7. The molecule has 3 N–H and O–H groups in total. The zero-order valence-electron chi connectivity index (χ0n) is 12.8. The molecule has 0 saturated carbocycles. The van der Waals surface area contributed by atoms with Crippen molar-refractivity contribution in [3.63, 3.8) is 0 Å². The van der Waals surface area contributed by atoms with Crippen LogP contribution in [0, 0.1) is 19.8 Å². The number of hydrogen-bond donors (Lipinski definition) is 2. The molecule has 0 radical (unpaired) electrons. The van der Waals surface area contributed by atoms with Crippen LogP contribution in [-0.4, -0.2) is 37.0 Å². The maximum absolute atomic E-state index is 12.7. The SMILES string of the molecule is Cc1cc(S(=O)(=O)N2CCC(C(C)O)CC2)cc(N)c1C. The number of anilines is 1. The zero-order valence-corrected chi connectivity index (χ0v) is 13.7. The molecule has 0 amide bonds. The van der Waals surface area contributed by atoms with Gasteiger partial charge in [-0.25, -0.2) is 8.42 Å². The molecule has 0 aromatic heterocycles. The second-order valence-electron chi connectivity index (χ2n) is 5.94. The average Bonchev–Trinajstić information content (AvgIpc) is 2.44. The summed E-state index contributed by atoms with van der Waals surface area (Å²) in [6.45, 7) is 6.41. The second kappa shape index (κ2) is 5.94. The highest BCUT2D eigenvalue weighted by atomic mass is 32.2. The monoisotopic (exact) mass is 312 g/mol. The highest BCUT2D eigenvalue weighted by Crippen LogP contribution is 2.28. The third-order valence-electron chi connectivity index (χ3n) is 4.50. The summed E-state index contributed by atoms with van der Waals surface area (Å²) in [5.41, 5.74) is 8.20. The van der Waals surface area contributed by atoms with Crippen molar-refractivity contribution < 1.29 is 13.5 Å². The van der Waals surface area contributed by atoms with E-state index in [2.05, 4.69) is 0 Å². The third kappa shape index (κ3) is 3.22. The lowest BCUT2D eigenvalue weighted by molar-refractivity contribution is 0.0912. The number of aliphatic hydroxyl groups is 1. The molecule has 1 saturated heterocycles. The molecular weight excluding hydrogens is 288 g/mol. The molecule has 118 valence electrons. The second-order valence-corrected chi connectivity index (χ2v) is 7.87. The van der Waals surface area contributed by atoms with E-state index in [1.54, 1.807) is 19.1 Å². The van der Waals surface area contributed by atoms with Crippen LogP contribution >= 0.6 is 0 Å². The first kappa shape index (κ1) is 16.3. The van der Waals surface area contributed by atoms with Crippen LogP contribution in [0.15, 0.2) is 17.0 Å². The molecule has 1 aromatic rings. The van der Waals surface area contributed by atoms with Gasteiger partial charge in [0, 0.05) is 18.8 Å². The number of sulfonamides is 1. The van der Waals surface area contributed by atoms with Crippen LogP contribution in [0.2, 0.25) is 0 Å². The molecule has 0 bridgehead atoms. The summed E-state index contributed by atoms with van der Waals surface area (Å²) in [4.78, 5) is 0.263. The van der Waals surface area contributed by atoms with E-state index in [9.17, 15) is 13.5 Å². The lowest BCUT2D eigenvalue weighted by Gasteiger charge is -2.32. The van der Waals surface area contributed by atoms with Gasteiger partial charge in [0.2, 0.25) is 10.0 Å². The van der Waals surface area contributed by atoms with Gasteiger partial charge in [0.1, 0.15) is 0 Å². The standard InChI is InChI=1S/C15H24N2O3S/c1-10-8-14(9-15(16)11(10)2)21(19,20)17-6-4-13(5-7-17)12(3)18/h8-9,12-13,18H,4-7,16H2,1-3H3. The van der Waals surface area contributed by atoms with Gasteiger partial charge in [0.25, 0.3) is 0 Å². The Labute approximate surface area is 126 Å². The number of benzene rings is 1. The lowest BCUT2D eigenvalue weighted by atomic mass is 9.93. The maximum Gasteiger partial charge on any atom is 0.243 e. The van der Waals surface area contributed by atoms with Gasteiger partial charge in [-0.05, 0) is 62.8 Å². The lowest BCUT2D eigenvalue weighted by Crippen LogP contribution is -2.40. The van der Waals surface area contributed by atoms with Gasteiger partial charge in [0.05, 0.1) is 11.0 Å². The van der Waals surface area contributed by atoms with Crippen molar-refractivity contribution in [1.29, 1.82) is 0 Å². The average molecular weight is 312 g/mol. The predicted octanol–water partition coefficient (Wildman–Crippen LogP) is 1.67. The molecular formula is C15H24N2O3S. The molecule has 6 heteroatoms. The molecule has 1 unspecified atom stereocenters. The largest absolute Gasteiger partial charge is 0.398 e. The van der Waals surface area contributed by atoms with Gasteiger partial charge in [-0.2, -0.15) is 4.31 Å². The van der Waals surface area contributed by atoms with Crippen LogP contribution in [0.3, 0.4) is 0 Å². The molecule has 1 fully saturated rings. The van der Waals surface area contributed by atoms with E-state index >= 15 is 0 Å². The Bertz CT molecular complexity index is 595. The predicted molar refractivity (Wildman–Crippen MR) is 83.5 cm³/mol. The number of aliphatic hydroxyl groups excluding tert-OH is 1. The molecule has 1 aliphatic rings. The number of nitrogens with two attached hydrogens (primary N) is 1. The molecule has 21 heavy (non-hydrogen) atoms. The number of nitrogens with zero attached hydrogens (tertiary/aromatic N) is 1. The quantitative estimate of drug-likeness (QED) is 0.832.